The Balaban J connectivity index is 1.35. The molecule has 1 aromatic heterocycles. The minimum atomic E-state index is -1.37. The summed E-state index contributed by atoms with van der Waals surface area (Å²) in [5.41, 5.74) is 2.07. The van der Waals surface area contributed by atoms with Crippen molar-refractivity contribution >= 4 is 16.8 Å². The van der Waals surface area contributed by atoms with E-state index in [1.165, 1.54) is 7.11 Å². The fourth-order valence-corrected chi connectivity index (χ4v) is 5.18. The highest BCUT2D eigenvalue weighted by molar-refractivity contribution is 5.98. The molecule has 2 N–H and O–H groups in total. The number of carbonyl (C=O) groups excluding carboxylic acids is 1. The molecule has 2 heterocycles. The van der Waals surface area contributed by atoms with E-state index in [1.54, 1.807) is 51.1 Å². The monoisotopic (exact) mass is 544 g/mol. The van der Waals surface area contributed by atoms with E-state index >= 15 is 0 Å². The average molecular weight is 545 g/mol. The molecule has 0 aliphatic carbocycles. The van der Waals surface area contributed by atoms with Crippen LogP contribution in [-0.4, -0.2) is 53.3 Å². The van der Waals surface area contributed by atoms with E-state index in [9.17, 15) is 19.8 Å². The summed E-state index contributed by atoms with van der Waals surface area (Å²) >= 11 is 0. The molecule has 0 unspecified atom stereocenters. The van der Waals surface area contributed by atoms with Crippen LogP contribution in [0.2, 0.25) is 0 Å². The Kier molecular flexibility index (Phi) is 7.61. The summed E-state index contributed by atoms with van der Waals surface area (Å²) in [6.07, 6.45) is -4.62. The van der Waals surface area contributed by atoms with Gasteiger partial charge in [0.25, 0.3) is 0 Å². The maximum atomic E-state index is 13.0. The fraction of sp³-hybridized carbons (Fsp3) is 0.312. The molecular formula is C32H32O8. The first-order valence-corrected chi connectivity index (χ1v) is 13.1. The number of hydrogen-bond donors (Lipinski definition) is 2. The summed E-state index contributed by atoms with van der Waals surface area (Å²) in [4.78, 5) is 25.9. The van der Waals surface area contributed by atoms with Crippen molar-refractivity contribution in [1.29, 1.82) is 0 Å². The van der Waals surface area contributed by atoms with Gasteiger partial charge in [0, 0.05) is 35.6 Å². The van der Waals surface area contributed by atoms with Crippen molar-refractivity contribution in [2.45, 2.75) is 57.4 Å². The van der Waals surface area contributed by atoms with Crippen molar-refractivity contribution in [3.63, 3.8) is 0 Å². The van der Waals surface area contributed by atoms with E-state index in [-0.39, 0.29) is 17.8 Å². The van der Waals surface area contributed by atoms with Crippen LogP contribution in [0.25, 0.3) is 22.1 Å². The zero-order valence-electron chi connectivity index (χ0n) is 22.8. The summed E-state index contributed by atoms with van der Waals surface area (Å²) in [6.45, 7) is 5.19. The molecule has 1 aliphatic rings. The summed E-state index contributed by atoms with van der Waals surface area (Å²) in [6, 6.07) is 22.2. The number of aliphatic hydroxyl groups is 2. The van der Waals surface area contributed by atoms with Crippen LogP contribution in [0, 0.1) is 6.92 Å². The number of benzene rings is 3. The number of ether oxygens (including phenoxy) is 3. The third kappa shape index (κ3) is 5.31. The number of rotatable bonds is 7. The second-order valence-electron chi connectivity index (χ2n) is 10.6. The van der Waals surface area contributed by atoms with Gasteiger partial charge in [-0.25, -0.2) is 4.79 Å². The average Bonchev–Trinajstić information content (AvgIpc) is 2.94. The Morgan fingerprint density at radius 2 is 1.62 bits per heavy atom. The number of methoxy groups -OCH3 is 1. The maximum Gasteiger partial charge on any atom is 0.339 e. The third-order valence-electron chi connectivity index (χ3n) is 7.38. The second kappa shape index (κ2) is 11.0. The maximum absolute atomic E-state index is 13.0. The molecule has 8 nitrogen and oxygen atoms in total. The molecule has 0 spiro atoms. The molecule has 0 amide bonds. The van der Waals surface area contributed by atoms with E-state index in [4.69, 9.17) is 18.6 Å². The van der Waals surface area contributed by atoms with Gasteiger partial charge >= 0.3 is 5.63 Å². The molecule has 1 aliphatic heterocycles. The quantitative estimate of drug-likeness (QED) is 0.259. The lowest BCUT2D eigenvalue weighted by atomic mass is 9.89. The Bertz CT molecular complexity index is 1570. The number of carbonyl (C=O) groups is 1. The Morgan fingerprint density at radius 3 is 2.30 bits per heavy atom. The van der Waals surface area contributed by atoms with Gasteiger partial charge < -0.3 is 28.8 Å². The molecule has 0 radical (unpaired) electrons. The van der Waals surface area contributed by atoms with Crippen LogP contribution in [0.3, 0.4) is 0 Å². The minimum absolute atomic E-state index is 0.101. The van der Waals surface area contributed by atoms with Gasteiger partial charge in [-0.3, -0.25) is 4.79 Å². The van der Waals surface area contributed by atoms with Crippen LogP contribution in [0.1, 0.15) is 35.3 Å². The molecule has 1 saturated heterocycles. The SMILES string of the molecule is CO[C@@H]1[C@@H](O)[C@@H](O)[C@H](Oc2ccc3cc(CC(=O)c4ccc(-c5ccccc5)cc4)c(=O)oc3c2C)OC1(C)C. The van der Waals surface area contributed by atoms with Crippen LogP contribution < -0.4 is 10.4 Å². The van der Waals surface area contributed by atoms with Gasteiger partial charge in [-0.05, 0) is 50.1 Å². The predicted octanol–water partition coefficient (Wildman–Crippen LogP) is 4.44. The summed E-state index contributed by atoms with van der Waals surface area (Å²) in [5, 5.41) is 21.7. The fourth-order valence-electron chi connectivity index (χ4n) is 5.18. The Hall–Kier alpha value is -3.82. The third-order valence-corrected chi connectivity index (χ3v) is 7.38. The zero-order chi connectivity index (χ0) is 28.6. The topological polar surface area (TPSA) is 115 Å². The summed E-state index contributed by atoms with van der Waals surface area (Å²) < 4.78 is 22.8. The summed E-state index contributed by atoms with van der Waals surface area (Å²) in [7, 11) is 1.44. The highest BCUT2D eigenvalue weighted by atomic mass is 16.7. The van der Waals surface area contributed by atoms with E-state index in [2.05, 4.69) is 0 Å². The van der Waals surface area contributed by atoms with E-state index in [0.29, 0.717) is 27.8 Å². The van der Waals surface area contributed by atoms with Crippen molar-refractivity contribution in [3.05, 3.63) is 99.9 Å². The van der Waals surface area contributed by atoms with Crippen molar-refractivity contribution in [2.75, 3.05) is 7.11 Å². The van der Waals surface area contributed by atoms with Gasteiger partial charge in [0.1, 0.15) is 29.6 Å². The molecule has 8 heteroatoms. The van der Waals surface area contributed by atoms with Crippen molar-refractivity contribution in [3.8, 4) is 16.9 Å². The van der Waals surface area contributed by atoms with Crippen LogP contribution in [0.4, 0.5) is 0 Å². The summed E-state index contributed by atoms with van der Waals surface area (Å²) in [5.74, 6) is 0.128. The van der Waals surface area contributed by atoms with Gasteiger partial charge in [-0.2, -0.15) is 0 Å². The van der Waals surface area contributed by atoms with Crippen LogP contribution in [-0.2, 0) is 15.9 Å². The highest BCUT2D eigenvalue weighted by Crippen LogP contribution is 2.35. The smallest absolute Gasteiger partial charge is 0.339 e. The first-order valence-electron chi connectivity index (χ1n) is 13.1. The number of fused-ring (bicyclic) bond motifs is 1. The molecule has 4 atom stereocenters. The molecule has 3 aromatic carbocycles. The molecule has 0 bridgehead atoms. The van der Waals surface area contributed by atoms with Crippen LogP contribution in [0.15, 0.2) is 82.0 Å². The van der Waals surface area contributed by atoms with E-state index in [1.807, 2.05) is 42.5 Å². The molecule has 40 heavy (non-hydrogen) atoms. The van der Waals surface area contributed by atoms with Crippen LogP contribution >= 0.6 is 0 Å². The number of Topliss-reactive ketones (excluding diaryl/α,β-unsaturated/α-hetero) is 1. The second-order valence-corrected chi connectivity index (χ2v) is 10.6. The Morgan fingerprint density at radius 1 is 0.950 bits per heavy atom. The lowest BCUT2D eigenvalue weighted by Crippen LogP contribution is -2.63. The largest absolute Gasteiger partial charge is 0.462 e. The number of aryl methyl sites for hydroxylation is 1. The highest BCUT2D eigenvalue weighted by Gasteiger charge is 2.50. The van der Waals surface area contributed by atoms with E-state index in [0.717, 1.165) is 11.1 Å². The van der Waals surface area contributed by atoms with Crippen LogP contribution in [0.5, 0.6) is 5.75 Å². The lowest BCUT2D eigenvalue weighted by molar-refractivity contribution is -0.306. The number of ketones is 1. The van der Waals surface area contributed by atoms with Gasteiger partial charge in [0.2, 0.25) is 6.29 Å². The standard InChI is InChI=1S/C32H32O8/c1-18-25(38-31-27(35)26(34)29(37-4)32(2,3)40-31)15-14-22-16-23(30(36)39-28(18)22)17-24(33)21-12-10-20(11-13-21)19-8-6-5-7-9-19/h5-16,26-27,29,31,34-35H,17H2,1-4H3/t26-,27+,29+,31+/m0/s1. The predicted molar refractivity (Wildman–Crippen MR) is 150 cm³/mol. The number of hydrogen-bond acceptors (Lipinski definition) is 8. The zero-order valence-corrected chi connectivity index (χ0v) is 22.8. The normalized spacial score (nSPS) is 22.2. The molecule has 208 valence electrons. The van der Waals surface area contributed by atoms with Crippen molar-refractivity contribution < 1.29 is 33.6 Å². The first kappa shape index (κ1) is 27.7. The van der Waals surface area contributed by atoms with Crippen molar-refractivity contribution in [1.82, 2.24) is 0 Å². The van der Waals surface area contributed by atoms with Gasteiger partial charge in [-0.1, -0.05) is 54.6 Å². The number of aliphatic hydroxyl groups excluding tert-OH is 2. The molecular weight excluding hydrogens is 512 g/mol. The van der Waals surface area contributed by atoms with Gasteiger partial charge in [-0.15, -0.1) is 0 Å². The molecule has 0 saturated carbocycles. The van der Waals surface area contributed by atoms with Gasteiger partial charge in [0.05, 0.1) is 5.60 Å². The molecule has 5 rings (SSSR count). The van der Waals surface area contributed by atoms with E-state index < -0.39 is 35.8 Å². The molecule has 4 aromatic rings. The minimum Gasteiger partial charge on any atom is -0.462 e. The van der Waals surface area contributed by atoms with Crippen molar-refractivity contribution in [2.24, 2.45) is 0 Å². The van der Waals surface area contributed by atoms with Gasteiger partial charge in [0.15, 0.2) is 5.78 Å². The molecule has 1 fully saturated rings. The first-order chi connectivity index (χ1) is 19.1. The Labute approximate surface area is 231 Å². The lowest BCUT2D eigenvalue weighted by Gasteiger charge is -2.46.